The van der Waals surface area contributed by atoms with Gasteiger partial charge in [-0.3, -0.25) is 8.51 Å². The highest BCUT2D eigenvalue weighted by Crippen LogP contribution is 2.27. The molecular formula is C14H14NO2S-. The third-order valence-electron chi connectivity index (χ3n) is 2.65. The lowest BCUT2D eigenvalue weighted by Crippen LogP contribution is -2.19. The zero-order valence-corrected chi connectivity index (χ0v) is 11.1. The molecular weight excluding hydrogens is 246 g/mol. The van der Waals surface area contributed by atoms with E-state index in [1.165, 1.54) is 4.31 Å². The first kappa shape index (κ1) is 12.8. The summed E-state index contributed by atoms with van der Waals surface area (Å²) in [4.78, 5) is 0. The Hall–Kier alpha value is -1.65. The summed E-state index contributed by atoms with van der Waals surface area (Å²) in [6.07, 6.45) is 0. The van der Waals surface area contributed by atoms with Crippen molar-refractivity contribution < 1.29 is 8.76 Å². The molecule has 0 radical (unpaired) electrons. The van der Waals surface area contributed by atoms with Crippen molar-refractivity contribution >= 4 is 22.6 Å². The second kappa shape index (κ2) is 5.33. The molecule has 0 spiro atoms. The van der Waals surface area contributed by atoms with Gasteiger partial charge < -0.3 is 4.55 Å². The van der Waals surface area contributed by atoms with Crippen molar-refractivity contribution in [3.63, 3.8) is 0 Å². The van der Waals surface area contributed by atoms with Crippen LogP contribution < -0.4 is 4.31 Å². The van der Waals surface area contributed by atoms with Gasteiger partial charge in [0.1, 0.15) is 0 Å². The van der Waals surface area contributed by atoms with E-state index < -0.39 is 11.3 Å². The van der Waals surface area contributed by atoms with Crippen LogP contribution in [0.5, 0.6) is 0 Å². The smallest absolute Gasteiger partial charge is 0.0540 e. The Kier molecular flexibility index (Phi) is 3.79. The number of anilines is 2. The number of rotatable bonds is 3. The van der Waals surface area contributed by atoms with E-state index in [1.54, 1.807) is 18.2 Å². The van der Waals surface area contributed by atoms with E-state index in [9.17, 15) is 8.76 Å². The highest BCUT2D eigenvalue weighted by molar-refractivity contribution is 7.81. The summed E-state index contributed by atoms with van der Waals surface area (Å²) in [6, 6.07) is 14.8. The van der Waals surface area contributed by atoms with Gasteiger partial charge in [-0.25, -0.2) is 0 Å². The molecule has 2 rings (SSSR count). The average molecular weight is 260 g/mol. The Morgan fingerprint density at radius 3 is 2.17 bits per heavy atom. The Bertz CT molecular complexity index is 566. The quantitative estimate of drug-likeness (QED) is 0.795. The van der Waals surface area contributed by atoms with Crippen molar-refractivity contribution in [2.75, 3.05) is 4.31 Å². The molecule has 0 fully saturated rings. The van der Waals surface area contributed by atoms with Gasteiger partial charge in [0, 0.05) is 0 Å². The van der Waals surface area contributed by atoms with E-state index in [0.717, 1.165) is 11.1 Å². The van der Waals surface area contributed by atoms with Gasteiger partial charge in [-0.15, -0.1) is 0 Å². The largest absolute Gasteiger partial charge is 0.755 e. The van der Waals surface area contributed by atoms with E-state index in [0.29, 0.717) is 11.4 Å². The summed E-state index contributed by atoms with van der Waals surface area (Å²) in [5.74, 6) is 0. The molecule has 0 amide bonds. The first-order chi connectivity index (χ1) is 8.58. The Morgan fingerprint density at radius 2 is 1.61 bits per heavy atom. The van der Waals surface area contributed by atoms with Gasteiger partial charge in [-0.1, -0.05) is 29.8 Å². The number of nitrogens with zero attached hydrogens (tertiary/aromatic N) is 1. The van der Waals surface area contributed by atoms with Gasteiger partial charge in [0.05, 0.1) is 22.6 Å². The molecule has 18 heavy (non-hydrogen) atoms. The molecule has 0 N–H and O–H groups in total. The van der Waals surface area contributed by atoms with Gasteiger partial charge in [-0.05, 0) is 43.7 Å². The molecule has 0 bridgehead atoms. The monoisotopic (exact) mass is 260 g/mol. The van der Waals surface area contributed by atoms with Crippen molar-refractivity contribution in [2.45, 2.75) is 13.8 Å². The highest BCUT2D eigenvalue weighted by Gasteiger charge is 2.09. The molecule has 1 unspecified atom stereocenters. The van der Waals surface area contributed by atoms with Crippen molar-refractivity contribution in [2.24, 2.45) is 0 Å². The molecule has 94 valence electrons. The second-order valence-electron chi connectivity index (χ2n) is 4.19. The number of hydrogen-bond acceptors (Lipinski definition) is 2. The normalized spacial score (nSPS) is 12.2. The van der Waals surface area contributed by atoms with Crippen LogP contribution in [0.15, 0.2) is 48.5 Å². The maximum atomic E-state index is 11.4. The van der Waals surface area contributed by atoms with Crippen LogP contribution in [0.4, 0.5) is 11.4 Å². The molecule has 3 nitrogen and oxygen atoms in total. The minimum absolute atomic E-state index is 0.638. The lowest BCUT2D eigenvalue weighted by atomic mass is 10.2. The first-order valence-corrected chi connectivity index (χ1v) is 6.64. The van der Waals surface area contributed by atoms with Gasteiger partial charge in [0.25, 0.3) is 0 Å². The zero-order valence-electron chi connectivity index (χ0n) is 10.3. The molecule has 0 saturated carbocycles. The van der Waals surface area contributed by atoms with Crippen LogP contribution in [0.25, 0.3) is 0 Å². The van der Waals surface area contributed by atoms with Crippen LogP contribution in [-0.2, 0) is 11.3 Å². The van der Waals surface area contributed by atoms with Crippen LogP contribution in [-0.4, -0.2) is 8.76 Å². The van der Waals surface area contributed by atoms with E-state index in [-0.39, 0.29) is 0 Å². The lowest BCUT2D eigenvalue weighted by molar-refractivity contribution is 0.537. The van der Waals surface area contributed by atoms with Gasteiger partial charge >= 0.3 is 0 Å². The highest BCUT2D eigenvalue weighted by atomic mass is 32.2. The van der Waals surface area contributed by atoms with E-state index in [2.05, 4.69) is 0 Å². The number of benzene rings is 2. The summed E-state index contributed by atoms with van der Waals surface area (Å²) >= 11 is -2.34. The summed E-state index contributed by atoms with van der Waals surface area (Å²) in [6.45, 7) is 3.90. The zero-order chi connectivity index (χ0) is 13.1. The standard InChI is InChI=1S/C14H15NO2S/c1-11-6-8-13(9-7-11)15(18(16)17)14-5-3-4-12(2)10-14/h3-10H,1-2H3,(H,16,17)/p-1. The molecule has 2 aromatic carbocycles. The molecule has 0 aliphatic heterocycles. The van der Waals surface area contributed by atoms with E-state index in [1.807, 2.05) is 44.2 Å². The maximum absolute atomic E-state index is 11.4. The Morgan fingerprint density at radius 1 is 0.944 bits per heavy atom. The third kappa shape index (κ3) is 2.78. The summed E-state index contributed by atoms with van der Waals surface area (Å²) in [5, 5.41) is 0. The molecule has 1 atom stereocenters. The Balaban J connectivity index is 2.46. The second-order valence-corrected chi connectivity index (χ2v) is 4.99. The molecule has 2 aromatic rings. The predicted molar refractivity (Wildman–Crippen MR) is 73.4 cm³/mol. The van der Waals surface area contributed by atoms with Crippen LogP contribution in [0.3, 0.4) is 0 Å². The first-order valence-electron chi connectivity index (χ1n) is 5.61. The van der Waals surface area contributed by atoms with Crippen molar-refractivity contribution in [1.82, 2.24) is 0 Å². The van der Waals surface area contributed by atoms with Crippen LogP contribution in [0, 0.1) is 13.8 Å². The van der Waals surface area contributed by atoms with E-state index >= 15 is 0 Å². The molecule has 0 saturated heterocycles. The lowest BCUT2D eigenvalue weighted by Gasteiger charge is -2.26. The Labute approximate surface area is 109 Å². The fourth-order valence-corrected chi connectivity index (χ4v) is 2.34. The van der Waals surface area contributed by atoms with Crippen LogP contribution in [0.2, 0.25) is 0 Å². The summed E-state index contributed by atoms with van der Waals surface area (Å²) in [5.41, 5.74) is 3.40. The van der Waals surface area contributed by atoms with Crippen LogP contribution >= 0.6 is 0 Å². The average Bonchev–Trinajstić information content (AvgIpc) is 2.32. The minimum atomic E-state index is -2.34. The van der Waals surface area contributed by atoms with Gasteiger partial charge in [0.15, 0.2) is 0 Å². The molecule has 0 heterocycles. The molecule has 0 aliphatic carbocycles. The molecule has 0 aromatic heterocycles. The van der Waals surface area contributed by atoms with Crippen molar-refractivity contribution in [3.05, 3.63) is 59.7 Å². The summed E-state index contributed by atoms with van der Waals surface area (Å²) in [7, 11) is 0. The minimum Gasteiger partial charge on any atom is -0.755 e. The van der Waals surface area contributed by atoms with E-state index in [4.69, 9.17) is 0 Å². The number of hydrogen-bond donors (Lipinski definition) is 0. The van der Waals surface area contributed by atoms with Crippen LogP contribution in [0.1, 0.15) is 11.1 Å². The molecule has 4 heteroatoms. The third-order valence-corrected chi connectivity index (χ3v) is 3.37. The molecule has 0 aliphatic rings. The SMILES string of the molecule is Cc1ccc(N(c2cccc(C)c2)S(=O)[O-])cc1. The van der Waals surface area contributed by atoms with Crippen molar-refractivity contribution in [1.29, 1.82) is 0 Å². The summed E-state index contributed by atoms with van der Waals surface area (Å²) < 4.78 is 24.1. The predicted octanol–water partition coefficient (Wildman–Crippen LogP) is 3.24. The van der Waals surface area contributed by atoms with Gasteiger partial charge in [0.2, 0.25) is 0 Å². The van der Waals surface area contributed by atoms with Crippen molar-refractivity contribution in [3.8, 4) is 0 Å². The fourth-order valence-electron chi connectivity index (χ4n) is 1.76. The topological polar surface area (TPSA) is 43.4 Å². The number of aryl methyl sites for hydroxylation is 2. The fraction of sp³-hybridized carbons (Fsp3) is 0.143. The van der Waals surface area contributed by atoms with Gasteiger partial charge in [-0.2, -0.15) is 0 Å². The maximum Gasteiger partial charge on any atom is 0.0540 e.